The molecule has 2 saturated heterocycles. The molecule has 0 radical (unpaired) electrons. The first-order chi connectivity index (χ1) is 9.77. The van der Waals surface area contributed by atoms with Crippen molar-refractivity contribution in [3.63, 3.8) is 0 Å². The van der Waals surface area contributed by atoms with Crippen LogP contribution in [0.5, 0.6) is 0 Å². The van der Waals surface area contributed by atoms with Crippen molar-refractivity contribution in [2.24, 2.45) is 0 Å². The molecule has 6 nitrogen and oxygen atoms in total. The maximum Gasteiger partial charge on any atom is 0.410 e. The highest BCUT2D eigenvalue weighted by Gasteiger charge is 2.50. The maximum atomic E-state index is 12.4. The highest BCUT2D eigenvalue weighted by atomic mass is 16.6. The van der Waals surface area contributed by atoms with Gasteiger partial charge in [0.05, 0.1) is 5.54 Å². The first kappa shape index (κ1) is 16.1. The van der Waals surface area contributed by atoms with E-state index >= 15 is 0 Å². The summed E-state index contributed by atoms with van der Waals surface area (Å²) in [6, 6.07) is 0. The number of likely N-dealkylation sites (tertiary alicyclic amines) is 2. The van der Waals surface area contributed by atoms with Gasteiger partial charge in [-0.15, -0.1) is 0 Å². The average Bonchev–Trinajstić information content (AvgIpc) is 2.96. The number of hydrogen-bond acceptors (Lipinski definition) is 4. The number of rotatable bonds is 2. The summed E-state index contributed by atoms with van der Waals surface area (Å²) in [6.45, 7) is 7.70. The topological polar surface area (TPSA) is 59.1 Å². The van der Waals surface area contributed by atoms with E-state index in [0.29, 0.717) is 19.6 Å². The smallest absolute Gasteiger partial charge is 0.410 e. The lowest BCUT2D eigenvalue weighted by Crippen LogP contribution is -2.51. The van der Waals surface area contributed by atoms with E-state index in [2.05, 4.69) is 0 Å². The zero-order valence-electron chi connectivity index (χ0n) is 13.5. The van der Waals surface area contributed by atoms with Gasteiger partial charge in [0.25, 0.3) is 0 Å². The van der Waals surface area contributed by atoms with Crippen molar-refractivity contribution in [1.29, 1.82) is 0 Å². The number of hydrogen-bond donors (Lipinski definition) is 0. The van der Waals surface area contributed by atoms with Crippen LogP contribution in [0.25, 0.3) is 0 Å². The summed E-state index contributed by atoms with van der Waals surface area (Å²) >= 11 is 0. The van der Waals surface area contributed by atoms with Crippen LogP contribution in [0.2, 0.25) is 0 Å². The van der Waals surface area contributed by atoms with Crippen molar-refractivity contribution >= 4 is 12.0 Å². The van der Waals surface area contributed by atoms with Gasteiger partial charge in [0, 0.05) is 26.7 Å². The van der Waals surface area contributed by atoms with Crippen LogP contribution in [0.4, 0.5) is 4.79 Å². The average molecular weight is 298 g/mol. The molecule has 21 heavy (non-hydrogen) atoms. The summed E-state index contributed by atoms with van der Waals surface area (Å²) in [5, 5.41) is 0. The lowest BCUT2D eigenvalue weighted by molar-refractivity contribution is -0.134. The molecule has 2 rings (SSSR count). The Bertz CT molecular complexity index is 418. The molecule has 2 fully saturated rings. The number of methoxy groups -OCH3 is 1. The van der Waals surface area contributed by atoms with Gasteiger partial charge in [-0.1, -0.05) is 0 Å². The predicted octanol–water partition coefficient (Wildman–Crippen LogP) is 1.63. The van der Waals surface area contributed by atoms with Crippen LogP contribution < -0.4 is 0 Å². The third kappa shape index (κ3) is 3.48. The number of nitrogens with zero attached hydrogens (tertiary/aromatic N) is 2. The highest BCUT2D eigenvalue weighted by molar-refractivity contribution is 5.78. The second-order valence-electron chi connectivity index (χ2n) is 6.96. The predicted molar refractivity (Wildman–Crippen MR) is 78.0 cm³/mol. The molecule has 0 aromatic carbocycles. The number of carbonyl (C=O) groups excluding carboxylic acids is 2. The molecule has 2 aliphatic heterocycles. The lowest BCUT2D eigenvalue weighted by atomic mass is 9.95. The number of ether oxygens (including phenoxy) is 2. The zero-order valence-corrected chi connectivity index (χ0v) is 13.5. The van der Waals surface area contributed by atoms with Crippen molar-refractivity contribution in [3.05, 3.63) is 0 Å². The molecule has 0 N–H and O–H groups in total. The Balaban J connectivity index is 2.05. The maximum absolute atomic E-state index is 12.4. The lowest BCUT2D eigenvalue weighted by Gasteiger charge is -2.36. The summed E-state index contributed by atoms with van der Waals surface area (Å²) in [5.74, 6) is -0.00888. The fraction of sp³-hybridized carbons (Fsp3) is 0.867. The minimum atomic E-state index is -0.495. The molecule has 0 aromatic rings. The van der Waals surface area contributed by atoms with E-state index in [1.165, 1.54) is 7.11 Å². The van der Waals surface area contributed by atoms with Gasteiger partial charge in [0.1, 0.15) is 12.2 Å². The summed E-state index contributed by atoms with van der Waals surface area (Å²) in [4.78, 5) is 28.0. The van der Waals surface area contributed by atoms with Crippen LogP contribution in [0.3, 0.4) is 0 Å². The molecule has 120 valence electrons. The third-order valence-electron chi connectivity index (χ3n) is 4.16. The second kappa shape index (κ2) is 5.83. The molecule has 2 heterocycles. The minimum absolute atomic E-state index is 0.00888. The van der Waals surface area contributed by atoms with Gasteiger partial charge < -0.3 is 19.3 Å². The molecule has 0 aliphatic carbocycles. The number of carbonyl (C=O) groups is 2. The van der Waals surface area contributed by atoms with E-state index in [1.54, 1.807) is 4.90 Å². The van der Waals surface area contributed by atoms with Crippen molar-refractivity contribution in [2.75, 3.05) is 33.4 Å². The van der Waals surface area contributed by atoms with Crippen LogP contribution in [0, 0.1) is 0 Å². The van der Waals surface area contributed by atoms with Crippen molar-refractivity contribution in [3.8, 4) is 0 Å². The van der Waals surface area contributed by atoms with Gasteiger partial charge in [-0.25, -0.2) is 4.79 Å². The van der Waals surface area contributed by atoms with Crippen molar-refractivity contribution in [1.82, 2.24) is 9.80 Å². The minimum Gasteiger partial charge on any atom is -0.444 e. The van der Waals surface area contributed by atoms with E-state index in [4.69, 9.17) is 9.47 Å². The van der Waals surface area contributed by atoms with Gasteiger partial charge in [-0.2, -0.15) is 0 Å². The van der Waals surface area contributed by atoms with E-state index < -0.39 is 5.60 Å². The molecule has 2 aliphatic rings. The highest BCUT2D eigenvalue weighted by Crippen LogP contribution is 2.38. The Morgan fingerprint density at radius 2 is 1.90 bits per heavy atom. The molecular weight excluding hydrogens is 272 g/mol. The zero-order chi connectivity index (χ0) is 15.7. The SMILES string of the molecule is COCC(=O)N1CCC2(CCCN2C(=O)OC(C)(C)C)C1. The fourth-order valence-electron chi connectivity index (χ4n) is 3.25. The van der Waals surface area contributed by atoms with Crippen LogP contribution in [-0.2, 0) is 14.3 Å². The summed E-state index contributed by atoms with van der Waals surface area (Å²) in [5.41, 5.74) is -0.739. The molecule has 1 atom stereocenters. The van der Waals surface area contributed by atoms with E-state index in [0.717, 1.165) is 19.3 Å². The molecule has 2 amide bonds. The van der Waals surface area contributed by atoms with Gasteiger partial charge in [0.15, 0.2) is 0 Å². The monoisotopic (exact) mass is 298 g/mol. The first-order valence-electron chi connectivity index (χ1n) is 7.55. The van der Waals surface area contributed by atoms with Gasteiger partial charge in [0.2, 0.25) is 5.91 Å². The van der Waals surface area contributed by atoms with Crippen LogP contribution in [-0.4, -0.2) is 66.3 Å². The Kier molecular flexibility index (Phi) is 4.46. The Morgan fingerprint density at radius 1 is 1.19 bits per heavy atom. The first-order valence-corrected chi connectivity index (χ1v) is 7.55. The molecule has 0 saturated carbocycles. The molecular formula is C15H26N2O4. The molecule has 6 heteroatoms. The van der Waals surface area contributed by atoms with E-state index in [9.17, 15) is 9.59 Å². The van der Waals surface area contributed by atoms with Gasteiger partial charge >= 0.3 is 6.09 Å². The number of amides is 2. The third-order valence-corrected chi connectivity index (χ3v) is 4.16. The Morgan fingerprint density at radius 3 is 2.52 bits per heavy atom. The summed E-state index contributed by atoms with van der Waals surface area (Å²) in [6.07, 6.45) is 2.46. The molecule has 0 aromatic heterocycles. The summed E-state index contributed by atoms with van der Waals surface area (Å²) < 4.78 is 10.4. The fourth-order valence-corrected chi connectivity index (χ4v) is 3.25. The van der Waals surface area contributed by atoms with Gasteiger partial charge in [-0.05, 0) is 40.0 Å². The van der Waals surface area contributed by atoms with Crippen LogP contribution in [0.15, 0.2) is 0 Å². The quantitative estimate of drug-likeness (QED) is 0.777. The van der Waals surface area contributed by atoms with E-state index in [-0.39, 0.29) is 24.1 Å². The molecule has 1 spiro atoms. The van der Waals surface area contributed by atoms with Gasteiger partial charge in [-0.3, -0.25) is 4.79 Å². The second-order valence-corrected chi connectivity index (χ2v) is 6.96. The van der Waals surface area contributed by atoms with Crippen LogP contribution >= 0.6 is 0 Å². The Hall–Kier alpha value is -1.30. The van der Waals surface area contributed by atoms with Crippen molar-refractivity contribution in [2.45, 2.75) is 51.2 Å². The van der Waals surface area contributed by atoms with Crippen molar-refractivity contribution < 1.29 is 19.1 Å². The largest absolute Gasteiger partial charge is 0.444 e. The normalized spacial score (nSPS) is 25.7. The molecule has 0 bridgehead atoms. The standard InChI is InChI=1S/C15H26N2O4/c1-14(2,3)21-13(19)17-8-5-6-15(17)7-9-16(11-15)12(18)10-20-4/h5-11H2,1-4H3. The summed E-state index contributed by atoms with van der Waals surface area (Å²) in [7, 11) is 1.52. The molecule has 1 unspecified atom stereocenters. The van der Waals surface area contributed by atoms with E-state index in [1.807, 2.05) is 25.7 Å². The van der Waals surface area contributed by atoms with Crippen LogP contribution in [0.1, 0.15) is 40.0 Å². The Labute approximate surface area is 126 Å².